The van der Waals surface area contributed by atoms with Gasteiger partial charge in [0.2, 0.25) is 17.2 Å². The highest BCUT2D eigenvalue weighted by atomic mass is 35.5. The van der Waals surface area contributed by atoms with Gasteiger partial charge in [0.05, 0.1) is 16.8 Å². The number of nitrogens with zero attached hydrogens (tertiary/aromatic N) is 7. The maximum Gasteiger partial charge on any atom is 0.296 e. The summed E-state index contributed by atoms with van der Waals surface area (Å²) in [4.78, 5) is 10.3. The Morgan fingerprint density at radius 1 is 0.750 bits per heavy atom. The van der Waals surface area contributed by atoms with Crippen LogP contribution in [-0.4, -0.2) is 46.0 Å². The van der Waals surface area contributed by atoms with Gasteiger partial charge in [-0.3, -0.25) is 9.11 Å². The fraction of sp³-hybridized carbons (Fsp3) is 0.107. The van der Waals surface area contributed by atoms with Crippen molar-refractivity contribution in [2.45, 2.75) is 30.6 Å². The Hall–Kier alpha value is -5.34. The monoisotopic (exact) mass is 712 g/mol. The summed E-state index contributed by atoms with van der Waals surface area (Å²) in [7, 11) is -9.61. The number of hydrogen-bond donors (Lipinski definition) is 6. The number of anilines is 4. The van der Waals surface area contributed by atoms with Gasteiger partial charge in [-0.2, -0.15) is 36.9 Å². The van der Waals surface area contributed by atoms with Crippen LogP contribution in [0, 0.1) is 20.8 Å². The maximum absolute atomic E-state index is 12.4. The Balaban J connectivity index is 1.63. The third-order valence-electron chi connectivity index (χ3n) is 6.82. The van der Waals surface area contributed by atoms with Gasteiger partial charge in [-0.1, -0.05) is 12.1 Å². The van der Waals surface area contributed by atoms with Crippen LogP contribution in [0.25, 0.3) is 10.8 Å². The number of benzene rings is 4. The number of aryl methyl sites for hydroxylation is 3. The molecule has 0 aliphatic carbocycles. The molecule has 0 atom stereocenters. The first kappa shape index (κ1) is 34.0. The van der Waals surface area contributed by atoms with Crippen LogP contribution in [-0.2, 0) is 20.2 Å². The minimum atomic E-state index is -4.96. The third-order valence-corrected chi connectivity index (χ3v) is 8.75. The molecule has 0 radical (unpaired) electrons. The van der Waals surface area contributed by atoms with Gasteiger partial charge in [0.25, 0.3) is 20.2 Å². The van der Waals surface area contributed by atoms with Gasteiger partial charge in [-0.25, -0.2) is 0 Å². The summed E-state index contributed by atoms with van der Waals surface area (Å²) in [6.45, 7) is 4.93. The molecule has 1 heterocycles. The van der Waals surface area contributed by atoms with Gasteiger partial charge < -0.3 is 21.9 Å². The molecule has 0 saturated carbocycles. The first-order chi connectivity index (χ1) is 22.4. The van der Waals surface area contributed by atoms with Gasteiger partial charge in [0.1, 0.15) is 26.9 Å². The van der Waals surface area contributed by atoms with Crippen molar-refractivity contribution >= 4 is 88.6 Å². The molecule has 0 aliphatic rings. The van der Waals surface area contributed by atoms with Crippen LogP contribution in [0.1, 0.15) is 16.7 Å². The quantitative estimate of drug-likeness (QED) is 0.0566. The van der Waals surface area contributed by atoms with Gasteiger partial charge in [-0.05, 0) is 90.8 Å². The number of nitrogens with two attached hydrogens (primary N) is 2. The van der Waals surface area contributed by atoms with E-state index in [-0.39, 0.29) is 50.7 Å². The molecule has 17 nitrogen and oxygen atoms in total. The van der Waals surface area contributed by atoms with Gasteiger partial charge in [-0.15, -0.1) is 15.3 Å². The lowest BCUT2D eigenvalue weighted by Crippen LogP contribution is -2.03. The fourth-order valence-electron chi connectivity index (χ4n) is 4.59. The third kappa shape index (κ3) is 7.14. The van der Waals surface area contributed by atoms with Gasteiger partial charge in [0, 0.05) is 5.69 Å². The van der Waals surface area contributed by atoms with Crippen molar-refractivity contribution in [3.8, 4) is 5.75 Å². The lowest BCUT2D eigenvalue weighted by atomic mass is 10.0. The number of rotatable bonds is 8. The number of aromatic nitrogens is 3. The van der Waals surface area contributed by atoms with Crippen molar-refractivity contribution in [3.63, 3.8) is 0 Å². The predicted molar refractivity (Wildman–Crippen MR) is 178 cm³/mol. The van der Waals surface area contributed by atoms with Gasteiger partial charge >= 0.3 is 0 Å². The molecule has 5 aromatic rings. The number of halogens is 1. The molecule has 0 spiro atoms. The molecular weight excluding hydrogens is 688 g/mol. The van der Waals surface area contributed by atoms with Crippen molar-refractivity contribution in [2.75, 3.05) is 16.8 Å². The average Bonchev–Trinajstić information content (AvgIpc) is 2.96. The second-order valence-electron chi connectivity index (χ2n) is 10.4. The number of phenolic OH excluding ortho intramolecular Hbond substituents is 1. The second kappa shape index (κ2) is 12.7. The van der Waals surface area contributed by atoms with Crippen molar-refractivity contribution in [1.82, 2.24) is 15.0 Å². The first-order valence-electron chi connectivity index (χ1n) is 13.4. The largest absolute Gasteiger partial charge is 0.505 e. The highest BCUT2D eigenvalue weighted by Gasteiger charge is 2.25. The Bertz CT molecular complexity index is 2400. The molecule has 0 amide bonds. The zero-order valence-corrected chi connectivity index (χ0v) is 27.5. The summed E-state index contributed by atoms with van der Waals surface area (Å²) in [5.74, 6) is -0.837. The number of nitrogens with one attached hydrogen (secondary N) is 1. The molecule has 4 aromatic carbocycles. The summed E-state index contributed by atoms with van der Waals surface area (Å²) >= 11 is 5.84. The second-order valence-corrected chi connectivity index (χ2v) is 13.5. The fourth-order valence-corrected chi connectivity index (χ4v) is 6.01. The molecule has 48 heavy (non-hydrogen) atoms. The Morgan fingerprint density at radius 2 is 1.42 bits per heavy atom. The number of aromatic hydroxyl groups is 1. The number of fused-ring (bicyclic) bond motifs is 1. The van der Waals surface area contributed by atoms with E-state index in [0.29, 0.717) is 22.4 Å². The lowest BCUT2D eigenvalue weighted by molar-refractivity contribution is 0.472. The molecule has 0 saturated heterocycles. The summed E-state index contributed by atoms with van der Waals surface area (Å²) in [6.07, 6.45) is 0. The highest BCUT2D eigenvalue weighted by Crippen LogP contribution is 2.47. The van der Waals surface area contributed by atoms with Crippen LogP contribution in [0.2, 0.25) is 5.28 Å². The van der Waals surface area contributed by atoms with Crippen LogP contribution in [0.5, 0.6) is 5.75 Å². The van der Waals surface area contributed by atoms with Crippen molar-refractivity contribution in [2.24, 2.45) is 20.5 Å². The number of nitrogen functional groups attached to an aromatic ring is 2. The minimum absolute atomic E-state index is 0.00298. The smallest absolute Gasteiger partial charge is 0.296 e. The number of hydrogen-bond acceptors (Lipinski definition) is 15. The van der Waals surface area contributed by atoms with Crippen molar-refractivity contribution in [1.29, 1.82) is 0 Å². The number of azo groups is 2. The van der Waals surface area contributed by atoms with Gasteiger partial charge in [0.15, 0.2) is 5.75 Å². The standard InChI is InChI=1S/C28H25ClN10O7S2/c1-12-4-7-19(47(41,42)43)18(8-12)37-38-23-14(3)9-15-10-20(48(44,45)46)24(25(40)21(15)22(23)30)39-36-17-11-16(6-5-13(17)2)32-28-34-26(29)33-27(31)35-28/h4-11,40H,30H2,1-3H3,(H,41,42,43)(H,44,45,46)(H3,31,32,33,34,35)/b38-37+,39-36+. The van der Waals surface area contributed by atoms with E-state index in [2.05, 4.69) is 40.7 Å². The lowest BCUT2D eigenvalue weighted by Gasteiger charge is -2.14. The van der Waals surface area contributed by atoms with E-state index in [1.807, 2.05) is 0 Å². The Kier molecular flexibility index (Phi) is 8.99. The van der Waals surface area contributed by atoms with E-state index in [0.717, 1.165) is 6.07 Å². The summed E-state index contributed by atoms with van der Waals surface area (Å²) in [6, 6.07) is 11.3. The zero-order valence-electron chi connectivity index (χ0n) is 25.1. The molecule has 0 unspecified atom stereocenters. The molecule has 0 bridgehead atoms. The molecule has 0 fully saturated rings. The molecule has 0 aliphatic heterocycles. The normalized spacial score (nSPS) is 12.4. The van der Waals surface area contributed by atoms with E-state index in [4.69, 9.17) is 23.1 Å². The highest BCUT2D eigenvalue weighted by molar-refractivity contribution is 7.86. The first-order valence-corrected chi connectivity index (χ1v) is 16.7. The predicted octanol–water partition coefficient (Wildman–Crippen LogP) is 6.54. The van der Waals surface area contributed by atoms with Crippen LogP contribution < -0.4 is 16.8 Å². The summed E-state index contributed by atoms with van der Waals surface area (Å²) in [5, 5.41) is 30.3. The summed E-state index contributed by atoms with van der Waals surface area (Å²) in [5.41, 5.74) is 13.2. The van der Waals surface area contributed by atoms with E-state index < -0.39 is 41.5 Å². The zero-order chi connectivity index (χ0) is 35.1. The molecule has 248 valence electrons. The average molecular weight is 713 g/mol. The van der Waals surface area contributed by atoms with Crippen LogP contribution in [0.3, 0.4) is 0 Å². The Labute approximate surface area is 278 Å². The topological polar surface area (TPSA) is 281 Å². The Morgan fingerprint density at radius 3 is 2.08 bits per heavy atom. The molecule has 20 heteroatoms. The molecular formula is C28H25ClN10O7S2. The van der Waals surface area contributed by atoms with E-state index in [1.54, 1.807) is 32.9 Å². The molecule has 1 aromatic heterocycles. The maximum atomic E-state index is 12.4. The van der Waals surface area contributed by atoms with Crippen molar-refractivity contribution < 1.29 is 31.0 Å². The van der Waals surface area contributed by atoms with E-state index in [9.17, 15) is 31.0 Å². The van der Waals surface area contributed by atoms with E-state index in [1.165, 1.54) is 30.3 Å². The van der Waals surface area contributed by atoms with Crippen molar-refractivity contribution in [3.05, 3.63) is 70.5 Å². The van der Waals surface area contributed by atoms with Crippen LogP contribution in [0.4, 0.5) is 46.0 Å². The SMILES string of the molecule is Cc1ccc(S(=O)(=O)O)c(/N=N/c2c(C)cc3cc(S(=O)(=O)O)c(/N=N/c4cc(Nc5nc(N)nc(Cl)n5)ccc4C)c(O)c3c2N)c1. The van der Waals surface area contributed by atoms with E-state index >= 15 is 0 Å². The summed E-state index contributed by atoms with van der Waals surface area (Å²) < 4.78 is 68.3. The molecule has 8 N–H and O–H groups in total. The van der Waals surface area contributed by atoms with Crippen LogP contribution >= 0.6 is 11.6 Å². The number of phenols is 1. The molecule has 5 rings (SSSR count). The van der Waals surface area contributed by atoms with Crippen LogP contribution in [0.15, 0.2) is 78.8 Å². The minimum Gasteiger partial charge on any atom is -0.505 e.